The van der Waals surface area contributed by atoms with Gasteiger partial charge in [0, 0.05) is 47.8 Å². The number of carboxylic acids is 1. The minimum atomic E-state index is -3.95. The number of nitrogens with one attached hydrogen (secondary N) is 8. The van der Waals surface area contributed by atoms with E-state index in [0.29, 0.717) is 12.8 Å². The van der Waals surface area contributed by atoms with Crippen molar-refractivity contribution in [3.8, 4) is 57.1 Å². The minimum Gasteiger partial charge on any atom is -0.508 e. The summed E-state index contributed by atoms with van der Waals surface area (Å²) in [4.78, 5) is 118. The summed E-state index contributed by atoms with van der Waals surface area (Å²) in [6.45, 7) is 7.83. The smallest absolute Gasteiger partial charge is 0.330 e. The molecule has 7 aliphatic heterocycles. The molecule has 7 amide bonds. The Morgan fingerprint density at radius 1 is 0.713 bits per heavy atom. The van der Waals surface area contributed by atoms with Crippen LogP contribution in [-0.2, 0) is 66.9 Å². The number of aliphatic hydroxyl groups excluding tert-OH is 5. The Bertz CT molecular complexity index is 4570. The van der Waals surface area contributed by atoms with E-state index in [0.717, 1.165) is 92.4 Å². The summed E-state index contributed by atoms with van der Waals surface area (Å²) < 4.78 is 70.6. The largest absolute Gasteiger partial charge is 0.508 e. The second kappa shape index (κ2) is 37.8. The van der Waals surface area contributed by atoms with E-state index in [1.807, 2.05) is 13.8 Å². The van der Waals surface area contributed by atoms with Crippen LogP contribution >= 0.6 is 23.2 Å². The molecular formula is C76H96Cl2N10O26S. The number of aromatic hydroxyl groups is 3. The number of carbonyl (C=O) groups excluding carboxylic acids is 7. The van der Waals surface area contributed by atoms with Crippen LogP contribution < -0.4 is 68.2 Å². The van der Waals surface area contributed by atoms with Crippen LogP contribution in [0.25, 0.3) is 11.1 Å². The number of carbonyl (C=O) groups is 8. The van der Waals surface area contributed by atoms with Gasteiger partial charge in [-0.25, -0.2) is 4.79 Å². The number of primary amides is 1. The van der Waals surface area contributed by atoms with Gasteiger partial charge in [-0.3, -0.25) is 37.7 Å². The van der Waals surface area contributed by atoms with Crippen molar-refractivity contribution < 1.29 is 125 Å². The van der Waals surface area contributed by atoms with Crippen LogP contribution in [-0.4, -0.2) is 213 Å². The number of ether oxygens (including phenoxy) is 6. The number of amides is 7. The van der Waals surface area contributed by atoms with Gasteiger partial charge in [-0.2, -0.15) is 8.42 Å². The molecule has 626 valence electrons. The predicted molar refractivity (Wildman–Crippen MR) is 408 cm³/mol. The molecule has 0 aliphatic carbocycles. The molecule has 0 radical (unpaired) electrons. The highest BCUT2D eigenvalue weighted by atomic mass is 35.5. The molecule has 0 aromatic heterocycles. The number of carboxylic acid groups (broad SMARTS) is 1. The summed E-state index contributed by atoms with van der Waals surface area (Å²) in [6, 6.07) is -0.754. The normalized spacial score (nSPS) is 27.5. The topological polar surface area (TPSA) is 566 Å². The summed E-state index contributed by atoms with van der Waals surface area (Å²) in [5.41, 5.74) is 7.71. The Morgan fingerprint density at radius 3 is 1.95 bits per heavy atom. The van der Waals surface area contributed by atoms with Crippen molar-refractivity contribution in [1.82, 2.24) is 42.5 Å². The average molecular weight is 1670 g/mol. The first-order valence-electron chi connectivity index (χ1n) is 37.3. The van der Waals surface area contributed by atoms with Gasteiger partial charge >= 0.3 is 5.97 Å². The summed E-state index contributed by atoms with van der Waals surface area (Å²) in [7, 11) is -2.47. The molecule has 115 heavy (non-hydrogen) atoms. The molecule has 5 aromatic rings. The fourth-order valence-corrected chi connectivity index (χ4v) is 15.8. The van der Waals surface area contributed by atoms with Crippen LogP contribution in [0.5, 0.6) is 46.0 Å². The lowest BCUT2D eigenvalue weighted by Crippen LogP contribution is -2.66. The van der Waals surface area contributed by atoms with E-state index in [1.54, 1.807) is 6.92 Å². The highest BCUT2D eigenvalue weighted by Crippen LogP contribution is 2.50. The molecule has 12 rings (SSSR count). The summed E-state index contributed by atoms with van der Waals surface area (Å²) in [6.07, 6.45) is -13.7. The van der Waals surface area contributed by atoms with Gasteiger partial charge in [0.05, 0.1) is 47.1 Å². The fourth-order valence-electron chi connectivity index (χ4n) is 14.3. The fraction of sp³-hybridized carbons (Fsp3) is 0.500. The minimum absolute atomic E-state index is 0.110. The Labute approximate surface area is 670 Å². The Hall–Kier alpha value is -9.29. The summed E-state index contributed by atoms with van der Waals surface area (Å²) >= 11 is 14.3. The van der Waals surface area contributed by atoms with Gasteiger partial charge in [0.1, 0.15) is 89.5 Å². The molecule has 7 heterocycles. The van der Waals surface area contributed by atoms with Crippen molar-refractivity contribution in [3.63, 3.8) is 0 Å². The second-order valence-electron chi connectivity index (χ2n) is 29.5. The molecule has 0 unspecified atom stereocenters. The van der Waals surface area contributed by atoms with Gasteiger partial charge in [-0.05, 0) is 117 Å². The van der Waals surface area contributed by atoms with E-state index in [2.05, 4.69) is 49.5 Å². The predicted octanol–water partition coefficient (Wildman–Crippen LogP) is 2.41. The number of aliphatic hydroxyl groups is 5. The molecule has 39 heteroatoms. The SMILES string of the molecule is CCCCCCCCS(=O)(=O)OCCN[C@@]1(C)C[C@H](O[C@H]2[C@H](Oc3c4cc5cc3Oc3ccc(cc3Cl)[C@@H](O)[C@@H](NC(=O)[C@@H](CC(C)C)NC)C(=O)N[C@@H](CC(N)=O)C(=O)N[C@H]5C(=O)N[C@H]3C(=O)N[C@H](C(=O)N[C@H](C(=O)O)c5cc(O)cc(O)c5-c5cc3ccc5O)[C@H](O)c3ccc(c(Cl)c3)O4)O[C@H](CN)[C@@H](O)[C@@H]2O)O[C@@H](C)[C@H]1O. The molecule has 21 N–H and O–H groups in total. The number of aliphatic carboxylic acids is 1. The van der Waals surface area contributed by atoms with Crippen LogP contribution in [0.2, 0.25) is 10.0 Å². The number of halogens is 2. The molecule has 36 nitrogen and oxygen atoms in total. The molecule has 5 aromatic carbocycles. The molecular weight excluding hydrogens is 1570 g/mol. The van der Waals surface area contributed by atoms with Gasteiger partial charge in [0.2, 0.25) is 53.4 Å². The zero-order chi connectivity index (χ0) is 83.8. The molecule has 18 atom stereocenters. The number of fused-ring (bicyclic) bond motifs is 15. The van der Waals surface area contributed by atoms with Gasteiger partial charge < -0.3 is 128 Å². The zero-order valence-corrected chi connectivity index (χ0v) is 65.7. The molecule has 2 fully saturated rings. The number of phenols is 3. The van der Waals surface area contributed by atoms with Crippen molar-refractivity contribution in [2.75, 3.05) is 32.5 Å². The third-order valence-corrected chi connectivity index (χ3v) is 22.3. The number of benzene rings is 5. The van der Waals surface area contributed by atoms with Gasteiger partial charge in [0.25, 0.3) is 10.1 Å². The van der Waals surface area contributed by atoms with Gasteiger partial charge in [-0.15, -0.1) is 0 Å². The van der Waals surface area contributed by atoms with Crippen LogP contribution in [0.3, 0.4) is 0 Å². The average Bonchev–Trinajstić information content (AvgIpc) is 0.758. The summed E-state index contributed by atoms with van der Waals surface area (Å²) in [5.74, 6) is -16.3. The highest BCUT2D eigenvalue weighted by Gasteiger charge is 2.52. The zero-order valence-electron chi connectivity index (χ0n) is 63.4. The van der Waals surface area contributed by atoms with Crippen molar-refractivity contribution in [1.29, 1.82) is 0 Å². The lowest BCUT2D eigenvalue weighted by molar-refractivity contribution is -0.331. The van der Waals surface area contributed by atoms with Crippen molar-refractivity contribution in [3.05, 3.63) is 117 Å². The number of unbranched alkanes of at least 4 members (excludes halogenated alkanes) is 5. The first-order valence-corrected chi connectivity index (χ1v) is 39.6. The maximum Gasteiger partial charge on any atom is 0.330 e. The molecule has 11 bridgehead atoms. The lowest BCUT2D eigenvalue weighted by atomic mass is 9.85. The molecule has 2 saturated heterocycles. The highest BCUT2D eigenvalue weighted by molar-refractivity contribution is 7.86. The van der Waals surface area contributed by atoms with Crippen LogP contribution in [0.4, 0.5) is 0 Å². The lowest BCUT2D eigenvalue weighted by Gasteiger charge is -2.48. The van der Waals surface area contributed by atoms with Crippen molar-refractivity contribution in [2.45, 2.75) is 202 Å². The maximum absolute atomic E-state index is 16.2. The van der Waals surface area contributed by atoms with Crippen LogP contribution in [0.1, 0.15) is 151 Å². The van der Waals surface area contributed by atoms with Crippen molar-refractivity contribution in [2.24, 2.45) is 17.4 Å². The van der Waals surface area contributed by atoms with E-state index in [9.17, 15) is 78.3 Å². The molecule has 0 spiro atoms. The number of phenolic OH excluding ortho intramolecular Hbond substituents is 3. The first-order chi connectivity index (χ1) is 54.4. The monoisotopic (exact) mass is 1670 g/mol. The van der Waals surface area contributed by atoms with E-state index in [4.69, 9.17) is 67.3 Å². The quantitative estimate of drug-likeness (QED) is 0.0295. The van der Waals surface area contributed by atoms with E-state index >= 15 is 14.4 Å². The first kappa shape index (κ1) is 88.1. The second-order valence-corrected chi connectivity index (χ2v) is 32.0. The standard InChI is InChI=1S/C76H96Cl2N10O26S/c1-7-8-9-10-11-12-21-115(106,107)108-20-19-82-76(5)31-54(109-34(4)67(76)97)113-66-64(96)63(95)52(32-79)112-75(66)114-65-50-26-38-27-51(65)111-49-18-15-37(25-43(49)78)62(94)60-73(103)86-58(74(104)105)41-28-39(89)29-47(91)55(41)40-23-35(13-16-46(40)90)56(70(100)88-60)85-71(101)57(38)84-69(99)45(30-53(80)92)83-72(102)59(87-68(98)44(81-6)22-33(2)3)61(93)36-14-17-48(110-50)42(77)24-36/h13-18,23-29,33-34,44-45,52,54,56-64,66-67,75,81-82,89-91,93-97H,7-12,19-22,30-32,79H2,1-6H3,(H2,80,92)(H,83,102)(H,84,99)(H,85,101)(H,86,103)(H,87,98)(H,88,100)(H,104,105)/t34-,44+,45-,52+,54-,56+,57+,58-,59+,60-,61+,62+,63+,64-,66+,67+,75-,76-/m0/s1. The number of hydrogen-bond acceptors (Lipinski definition) is 28. The van der Waals surface area contributed by atoms with E-state index in [-0.39, 0.29) is 65.1 Å². The van der Waals surface area contributed by atoms with Gasteiger partial charge in [0.15, 0.2) is 29.9 Å². The Balaban J connectivity index is 1.16. The number of hydrogen-bond donors (Lipinski definition) is 19. The van der Waals surface area contributed by atoms with Crippen molar-refractivity contribution >= 4 is 80.6 Å². The summed E-state index contributed by atoms with van der Waals surface area (Å²) in [5, 5.41) is 125. The number of likely N-dealkylation sites (N-methyl/N-ethyl adjacent to an activating group) is 1. The molecule has 7 aliphatic rings. The molecule has 0 saturated carbocycles. The third-order valence-electron chi connectivity index (χ3n) is 20.4. The van der Waals surface area contributed by atoms with E-state index in [1.165, 1.54) is 26.1 Å². The number of nitrogens with two attached hydrogens (primary N) is 2. The number of rotatable bonds is 25. The van der Waals surface area contributed by atoms with E-state index < -0.39 is 247 Å². The maximum atomic E-state index is 16.2. The Kier molecular flexibility index (Phi) is 28.9. The van der Waals surface area contributed by atoms with Crippen LogP contribution in [0, 0.1) is 5.92 Å². The van der Waals surface area contributed by atoms with Gasteiger partial charge in [-0.1, -0.05) is 94.3 Å². The Morgan fingerprint density at radius 2 is 1.33 bits per heavy atom. The van der Waals surface area contributed by atoms with Crippen LogP contribution in [0.15, 0.2) is 78.9 Å². The third kappa shape index (κ3) is 20.8.